The predicted octanol–water partition coefficient (Wildman–Crippen LogP) is -1.34. The molecule has 0 unspecified atom stereocenters. The maximum Gasteiger partial charge on any atom is 0.330 e. The number of nitrogens with one attached hydrogen (secondary N) is 3. The number of carbonyl (C=O) groups excluding carboxylic acids is 5. The van der Waals surface area contributed by atoms with Crippen molar-refractivity contribution in [3.8, 4) is 5.75 Å². The van der Waals surface area contributed by atoms with Crippen LogP contribution < -0.4 is 21.7 Å². The summed E-state index contributed by atoms with van der Waals surface area (Å²) in [6.07, 6.45) is 3.09. The van der Waals surface area contributed by atoms with Gasteiger partial charge in [-0.3, -0.25) is 19.2 Å². The number of phenols is 1. The van der Waals surface area contributed by atoms with Gasteiger partial charge in [-0.25, -0.2) is 4.79 Å². The number of amides is 3. The number of carbonyl (C=O) groups is 5. The third-order valence-electron chi connectivity index (χ3n) is 4.41. The van der Waals surface area contributed by atoms with E-state index in [1.165, 1.54) is 32.2 Å². The molecule has 1 rings (SSSR count). The topological polar surface area (TPSA) is 186 Å². The van der Waals surface area contributed by atoms with Crippen molar-refractivity contribution in [1.82, 2.24) is 16.0 Å². The molecule has 1 aromatic rings. The number of hydrogen-bond acceptors (Lipinski definition) is 9. The van der Waals surface area contributed by atoms with E-state index in [-0.39, 0.29) is 25.3 Å². The summed E-state index contributed by atoms with van der Waals surface area (Å²) < 4.78 is 9.21. The van der Waals surface area contributed by atoms with E-state index in [9.17, 15) is 29.1 Å². The number of rotatable bonds is 13. The van der Waals surface area contributed by atoms with Gasteiger partial charge in [-0.1, -0.05) is 12.1 Å². The molecule has 0 spiro atoms. The molecule has 0 saturated carbocycles. The smallest absolute Gasteiger partial charge is 0.330 e. The second-order valence-corrected chi connectivity index (χ2v) is 7.14. The molecule has 186 valence electrons. The maximum atomic E-state index is 12.5. The monoisotopic (exact) mass is 478 g/mol. The first kappa shape index (κ1) is 28.1. The lowest BCUT2D eigenvalue weighted by molar-refractivity contribution is -0.143. The summed E-state index contributed by atoms with van der Waals surface area (Å²) in [5, 5.41) is 16.5. The number of hydrogen-bond donors (Lipinski definition) is 5. The molecular formula is C22H30N4O8. The van der Waals surface area contributed by atoms with Gasteiger partial charge in [0, 0.05) is 19.5 Å². The zero-order valence-electron chi connectivity index (χ0n) is 19.0. The number of ether oxygens (including phenoxy) is 2. The molecule has 6 N–H and O–H groups in total. The molecule has 12 nitrogen and oxygen atoms in total. The maximum absolute atomic E-state index is 12.5. The first-order valence-electron chi connectivity index (χ1n) is 10.4. The quantitative estimate of drug-likeness (QED) is 0.169. The highest BCUT2D eigenvalue weighted by atomic mass is 16.5. The van der Waals surface area contributed by atoms with Crippen LogP contribution in [-0.4, -0.2) is 73.7 Å². The Labute approximate surface area is 196 Å². The van der Waals surface area contributed by atoms with Gasteiger partial charge in [0.1, 0.15) is 24.9 Å². The molecule has 12 heteroatoms. The first-order chi connectivity index (χ1) is 16.1. The van der Waals surface area contributed by atoms with Gasteiger partial charge in [-0.2, -0.15) is 0 Å². The molecule has 34 heavy (non-hydrogen) atoms. The van der Waals surface area contributed by atoms with E-state index < -0.39 is 48.3 Å². The number of aromatic hydroxyl groups is 1. The standard InChI is InChI=1S/C22H30N4O8/c1-14(27)24-12-18(22(32)25-13-20(30)34-11-3-4-19(29)33-2)26-21(31)17(23)10-7-15-5-8-16(28)9-6-15/h3-6,8-9,17-18,28H,7,10-13,23H2,1-2H3,(H,24,27)(H,25,32)(H,26,31)/b4-3-/t17-,18-/m0/s1. The molecule has 1 aromatic carbocycles. The van der Waals surface area contributed by atoms with Crippen molar-refractivity contribution in [2.24, 2.45) is 5.73 Å². The highest BCUT2D eigenvalue weighted by molar-refractivity contribution is 5.91. The van der Waals surface area contributed by atoms with E-state index in [2.05, 4.69) is 20.7 Å². The van der Waals surface area contributed by atoms with E-state index in [0.717, 1.165) is 11.6 Å². The van der Waals surface area contributed by atoms with Gasteiger partial charge in [0.05, 0.1) is 13.2 Å². The molecule has 0 aliphatic carbocycles. The molecule has 0 bridgehead atoms. The molecule has 0 aromatic heterocycles. The minimum atomic E-state index is -1.18. The Balaban J connectivity index is 2.56. The van der Waals surface area contributed by atoms with Crippen LogP contribution in [0.4, 0.5) is 0 Å². The lowest BCUT2D eigenvalue weighted by Gasteiger charge is -2.21. The molecule has 0 aliphatic heterocycles. The van der Waals surface area contributed by atoms with E-state index in [1.54, 1.807) is 12.1 Å². The van der Waals surface area contributed by atoms with Crippen LogP contribution in [0.15, 0.2) is 36.4 Å². The first-order valence-corrected chi connectivity index (χ1v) is 10.4. The van der Waals surface area contributed by atoms with Gasteiger partial charge in [-0.05, 0) is 36.6 Å². The van der Waals surface area contributed by atoms with Crippen molar-refractivity contribution < 1.29 is 38.6 Å². The van der Waals surface area contributed by atoms with Gasteiger partial charge in [0.15, 0.2) is 0 Å². The van der Waals surface area contributed by atoms with Crippen LogP contribution in [0, 0.1) is 0 Å². The average Bonchev–Trinajstić information content (AvgIpc) is 2.81. The highest BCUT2D eigenvalue weighted by Crippen LogP contribution is 2.11. The average molecular weight is 479 g/mol. The SMILES string of the molecule is COC(=O)/C=C\COC(=O)CNC(=O)[C@H](CNC(C)=O)NC(=O)[C@@H](N)CCc1ccc(O)cc1. The second kappa shape index (κ2) is 15.0. The van der Waals surface area contributed by atoms with Crippen molar-refractivity contribution in [3.05, 3.63) is 42.0 Å². The Morgan fingerprint density at radius 2 is 1.76 bits per heavy atom. The molecule has 3 amide bonds. The summed E-state index contributed by atoms with van der Waals surface area (Å²) in [6.45, 7) is 0.337. The number of nitrogens with two attached hydrogens (primary N) is 1. The lowest BCUT2D eigenvalue weighted by Crippen LogP contribution is -2.56. The van der Waals surface area contributed by atoms with E-state index in [1.807, 2.05) is 0 Å². The minimum absolute atomic E-state index is 0.124. The zero-order valence-corrected chi connectivity index (χ0v) is 19.0. The van der Waals surface area contributed by atoms with Crippen molar-refractivity contribution in [2.45, 2.75) is 31.8 Å². The van der Waals surface area contributed by atoms with Gasteiger partial charge in [0.25, 0.3) is 0 Å². The number of aryl methyl sites for hydroxylation is 1. The summed E-state index contributed by atoms with van der Waals surface area (Å²) in [5.74, 6) is -3.02. The van der Waals surface area contributed by atoms with Gasteiger partial charge in [0.2, 0.25) is 17.7 Å². The van der Waals surface area contributed by atoms with Crippen LogP contribution in [0.25, 0.3) is 0 Å². The van der Waals surface area contributed by atoms with Gasteiger partial charge in [-0.15, -0.1) is 0 Å². The van der Waals surface area contributed by atoms with Crippen LogP contribution in [-0.2, 0) is 39.9 Å². The molecule has 0 fully saturated rings. The van der Waals surface area contributed by atoms with Gasteiger partial charge < -0.3 is 36.3 Å². The number of esters is 2. The Bertz CT molecular complexity index is 885. The van der Waals surface area contributed by atoms with Crippen LogP contribution >= 0.6 is 0 Å². The molecule has 0 radical (unpaired) electrons. The molecule has 2 atom stereocenters. The second-order valence-electron chi connectivity index (χ2n) is 7.14. The molecule has 0 heterocycles. The van der Waals surface area contributed by atoms with Crippen LogP contribution in [0.5, 0.6) is 5.75 Å². The van der Waals surface area contributed by atoms with Crippen LogP contribution in [0.3, 0.4) is 0 Å². The zero-order chi connectivity index (χ0) is 25.5. The summed E-state index contributed by atoms with van der Waals surface area (Å²) in [7, 11) is 1.20. The molecular weight excluding hydrogens is 448 g/mol. The number of benzene rings is 1. The van der Waals surface area contributed by atoms with Crippen LogP contribution in [0.2, 0.25) is 0 Å². The summed E-state index contributed by atoms with van der Waals surface area (Å²) in [4.78, 5) is 58.8. The van der Waals surface area contributed by atoms with E-state index in [4.69, 9.17) is 10.5 Å². The number of phenolic OH excluding ortho intramolecular Hbond substituents is 1. The molecule has 0 saturated heterocycles. The largest absolute Gasteiger partial charge is 0.508 e. The van der Waals surface area contributed by atoms with Crippen molar-refractivity contribution in [2.75, 3.05) is 26.8 Å². The predicted molar refractivity (Wildman–Crippen MR) is 120 cm³/mol. The van der Waals surface area contributed by atoms with Crippen molar-refractivity contribution in [1.29, 1.82) is 0 Å². The Hall–Kier alpha value is -3.93. The molecule has 0 aliphatic rings. The van der Waals surface area contributed by atoms with E-state index >= 15 is 0 Å². The third kappa shape index (κ3) is 11.6. The minimum Gasteiger partial charge on any atom is -0.508 e. The fraction of sp³-hybridized carbons (Fsp3) is 0.409. The Kier molecular flexibility index (Phi) is 12.4. The summed E-state index contributed by atoms with van der Waals surface area (Å²) >= 11 is 0. The lowest BCUT2D eigenvalue weighted by atomic mass is 10.0. The third-order valence-corrected chi connectivity index (χ3v) is 4.41. The van der Waals surface area contributed by atoms with Crippen LogP contribution in [0.1, 0.15) is 18.9 Å². The fourth-order valence-corrected chi connectivity index (χ4v) is 2.54. The van der Waals surface area contributed by atoms with Gasteiger partial charge >= 0.3 is 11.9 Å². The summed E-state index contributed by atoms with van der Waals surface area (Å²) in [6, 6.07) is 4.34. The normalized spacial score (nSPS) is 12.3. The van der Waals surface area contributed by atoms with E-state index in [0.29, 0.717) is 6.42 Å². The summed E-state index contributed by atoms with van der Waals surface area (Å²) in [5.41, 5.74) is 6.80. The fourth-order valence-electron chi connectivity index (χ4n) is 2.54. The number of methoxy groups -OCH3 is 1. The highest BCUT2D eigenvalue weighted by Gasteiger charge is 2.24. The van der Waals surface area contributed by atoms with Crippen molar-refractivity contribution in [3.63, 3.8) is 0 Å². The Morgan fingerprint density at radius 3 is 2.38 bits per heavy atom. The Morgan fingerprint density at radius 1 is 1.09 bits per heavy atom. The van der Waals surface area contributed by atoms with Crippen molar-refractivity contribution >= 4 is 29.7 Å².